The van der Waals surface area contributed by atoms with Gasteiger partial charge in [-0.3, -0.25) is 0 Å². The molecule has 0 bridgehead atoms. The smallest absolute Gasteiger partial charge is 0.0900 e. The number of hydrogen-bond donors (Lipinski definition) is 1. The number of rotatable bonds is 10. The summed E-state index contributed by atoms with van der Waals surface area (Å²) < 4.78 is 10.2. The first-order chi connectivity index (χ1) is 9.22. The fourth-order valence-corrected chi connectivity index (χ4v) is 1.83. The maximum Gasteiger partial charge on any atom is 0.0900 e. The van der Waals surface area contributed by atoms with Gasteiger partial charge in [-0.25, -0.2) is 0 Å². The van der Waals surface area contributed by atoms with E-state index in [1.165, 1.54) is 5.56 Å². The molecule has 1 N–H and O–H groups in total. The van der Waals surface area contributed by atoms with Crippen LogP contribution < -0.4 is 0 Å². The Bertz CT molecular complexity index is 318. The number of hydrogen-bond acceptors (Lipinski definition) is 4. The summed E-state index contributed by atoms with van der Waals surface area (Å²) in [6.45, 7) is 3.01. The molecule has 0 aliphatic rings. The van der Waals surface area contributed by atoms with Gasteiger partial charge in [-0.05, 0) is 19.0 Å². The highest BCUT2D eigenvalue weighted by atomic mass is 16.5. The van der Waals surface area contributed by atoms with E-state index in [0.29, 0.717) is 26.4 Å². The van der Waals surface area contributed by atoms with E-state index in [9.17, 15) is 5.11 Å². The zero-order valence-corrected chi connectivity index (χ0v) is 11.9. The van der Waals surface area contributed by atoms with Gasteiger partial charge in [0.1, 0.15) is 0 Å². The summed E-state index contributed by atoms with van der Waals surface area (Å²) >= 11 is 0. The van der Waals surface area contributed by atoms with Gasteiger partial charge in [0.15, 0.2) is 0 Å². The van der Waals surface area contributed by atoms with E-state index in [1.807, 2.05) is 25.2 Å². The third-order valence-electron chi connectivity index (χ3n) is 2.89. The van der Waals surface area contributed by atoms with Crippen molar-refractivity contribution < 1.29 is 14.6 Å². The molecule has 4 heteroatoms. The Morgan fingerprint density at radius 1 is 1.21 bits per heavy atom. The third-order valence-corrected chi connectivity index (χ3v) is 2.89. The molecule has 1 unspecified atom stereocenters. The van der Waals surface area contributed by atoms with Crippen LogP contribution in [0.2, 0.25) is 0 Å². The Labute approximate surface area is 115 Å². The molecular weight excluding hydrogens is 242 g/mol. The number of nitrogens with zero attached hydrogens (tertiary/aromatic N) is 1. The van der Waals surface area contributed by atoms with Crippen molar-refractivity contribution in [3.05, 3.63) is 35.9 Å². The Morgan fingerprint density at radius 3 is 2.63 bits per heavy atom. The van der Waals surface area contributed by atoms with E-state index in [2.05, 4.69) is 17.0 Å². The van der Waals surface area contributed by atoms with Crippen LogP contribution in [0.4, 0.5) is 0 Å². The van der Waals surface area contributed by atoms with Crippen molar-refractivity contribution in [2.45, 2.75) is 12.5 Å². The lowest BCUT2D eigenvalue weighted by Crippen LogP contribution is -2.33. The van der Waals surface area contributed by atoms with Crippen molar-refractivity contribution in [3.8, 4) is 0 Å². The van der Waals surface area contributed by atoms with Gasteiger partial charge >= 0.3 is 0 Å². The van der Waals surface area contributed by atoms with E-state index in [-0.39, 0.29) is 0 Å². The van der Waals surface area contributed by atoms with Gasteiger partial charge < -0.3 is 19.5 Å². The predicted octanol–water partition coefficient (Wildman–Crippen LogP) is 1.18. The van der Waals surface area contributed by atoms with E-state index >= 15 is 0 Å². The molecule has 1 rings (SSSR count). The molecular formula is C15H25NO3. The molecule has 0 saturated heterocycles. The summed E-state index contributed by atoms with van der Waals surface area (Å²) in [6, 6.07) is 10.4. The topological polar surface area (TPSA) is 41.9 Å². The van der Waals surface area contributed by atoms with Crippen molar-refractivity contribution in [2.75, 3.05) is 47.1 Å². The van der Waals surface area contributed by atoms with Crippen LogP contribution in [0.15, 0.2) is 30.3 Å². The van der Waals surface area contributed by atoms with Gasteiger partial charge in [0.25, 0.3) is 0 Å². The van der Waals surface area contributed by atoms with Crippen LogP contribution in [0.25, 0.3) is 0 Å². The van der Waals surface area contributed by atoms with Crippen molar-refractivity contribution in [3.63, 3.8) is 0 Å². The van der Waals surface area contributed by atoms with Crippen molar-refractivity contribution in [2.24, 2.45) is 0 Å². The van der Waals surface area contributed by atoms with Gasteiger partial charge in [0.2, 0.25) is 0 Å². The molecule has 108 valence electrons. The fraction of sp³-hybridized carbons (Fsp3) is 0.600. The molecule has 4 nitrogen and oxygen atoms in total. The number of benzene rings is 1. The summed E-state index contributed by atoms with van der Waals surface area (Å²) in [5.74, 6) is 0. The molecule has 1 aromatic carbocycles. The van der Waals surface area contributed by atoms with E-state index < -0.39 is 6.10 Å². The minimum absolute atomic E-state index is 0.360. The maximum atomic E-state index is 9.81. The van der Waals surface area contributed by atoms with Crippen LogP contribution in [0.3, 0.4) is 0 Å². The summed E-state index contributed by atoms with van der Waals surface area (Å²) in [4.78, 5) is 2.12. The van der Waals surface area contributed by atoms with Crippen molar-refractivity contribution in [1.82, 2.24) is 4.90 Å². The quantitative estimate of drug-likeness (QED) is 0.647. The lowest BCUT2D eigenvalue weighted by atomic mass is 10.1. The van der Waals surface area contributed by atoms with E-state index in [0.717, 1.165) is 13.0 Å². The highest BCUT2D eigenvalue weighted by Crippen LogP contribution is 2.01. The van der Waals surface area contributed by atoms with E-state index in [1.54, 1.807) is 7.11 Å². The molecule has 0 radical (unpaired) electrons. The average molecular weight is 267 g/mol. The van der Waals surface area contributed by atoms with Gasteiger partial charge in [-0.15, -0.1) is 0 Å². The van der Waals surface area contributed by atoms with Gasteiger partial charge in [-0.2, -0.15) is 0 Å². The molecule has 0 spiro atoms. The van der Waals surface area contributed by atoms with Gasteiger partial charge in [0.05, 0.1) is 25.9 Å². The lowest BCUT2D eigenvalue weighted by molar-refractivity contribution is 0.00251. The number of aliphatic hydroxyl groups excluding tert-OH is 1. The second-order valence-corrected chi connectivity index (χ2v) is 4.72. The van der Waals surface area contributed by atoms with Crippen LogP contribution in [-0.4, -0.2) is 63.2 Å². The Kier molecular flexibility index (Phi) is 8.41. The van der Waals surface area contributed by atoms with Crippen molar-refractivity contribution in [1.29, 1.82) is 0 Å². The Balaban J connectivity index is 2.11. The molecule has 0 amide bonds. The Hall–Kier alpha value is -0.940. The minimum atomic E-state index is -0.447. The van der Waals surface area contributed by atoms with Crippen LogP contribution >= 0.6 is 0 Å². The summed E-state index contributed by atoms with van der Waals surface area (Å²) in [5.41, 5.74) is 1.32. The molecule has 1 aromatic rings. The molecule has 19 heavy (non-hydrogen) atoms. The molecule has 0 aliphatic carbocycles. The fourth-order valence-electron chi connectivity index (χ4n) is 1.83. The number of methoxy groups -OCH3 is 1. The van der Waals surface area contributed by atoms with Crippen LogP contribution in [0, 0.1) is 0 Å². The Morgan fingerprint density at radius 2 is 1.95 bits per heavy atom. The second-order valence-electron chi connectivity index (χ2n) is 4.72. The average Bonchev–Trinajstić information content (AvgIpc) is 2.42. The highest BCUT2D eigenvalue weighted by molar-refractivity contribution is 5.14. The van der Waals surface area contributed by atoms with Crippen LogP contribution in [-0.2, 0) is 15.9 Å². The number of ether oxygens (including phenoxy) is 2. The number of likely N-dealkylation sites (N-methyl/N-ethyl adjacent to an activating group) is 1. The zero-order valence-electron chi connectivity index (χ0n) is 11.9. The van der Waals surface area contributed by atoms with Crippen LogP contribution in [0.1, 0.15) is 5.56 Å². The van der Waals surface area contributed by atoms with Crippen LogP contribution in [0.5, 0.6) is 0 Å². The SMILES string of the molecule is COCCOCC(O)CN(C)CCc1ccccc1. The first-order valence-corrected chi connectivity index (χ1v) is 6.69. The molecule has 0 saturated carbocycles. The van der Waals surface area contributed by atoms with Gasteiger partial charge in [0, 0.05) is 20.2 Å². The highest BCUT2D eigenvalue weighted by Gasteiger charge is 2.08. The predicted molar refractivity (Wildman–Crippen MR) is 76.3 cm³/mol. The lowest BCUT2D eigenvalue weighted by Gasteiger charge is -2.20. The summed E-state index contributed by atoms with van der Waals surface area (Å²) in [6.07, 6.45) is 0.548. The third kappa shape index (κ3) is 7.95. The van der Waals surface area contributed by atoms with Crippen molar-refractivity contribution >= 4 is 0 Å². The molecule has 0 fully saturated rings. The first kappa shape index (κ1) is 16.1. The molecule has 0 aliphatic heterocycles. The van der Waals surface area contributed by atoms with Gasteiger partial charge in [-0.1, -0.05) is 30.3 Å². The maximum absolute atomic E-state index is 9.81. The monoisotopic (exact) mass is 267 g/mol. The minimum Gasteiger partial charge on any atom is -0.389 e. The largest absolute Gasteiger partial charge is 0.389 e. The summed E-state index contributed by atoms with van der Waals surface area (Å²) in [5, 5.41) is 9.81. The summed E-state index contributed by atoms with van der Waals surface area (Å²) in [7, 11) is 3.65. The second kappa shape index (κ2) is 9.92. The molecule has 1 atom stereocenters. The first-order valence-electron chi connectivity index (χ1n) is 6.69. The number of aliphatic hydroxyl groups is 1. The normalized spacial score (nSPS) is 12.8. The zero-order chi connectivity index (χ0) is 13.9. The molecule has 0 heterocycles. The standard InChI is InChI=1S/C15H25NO3/c1-16(9-8-14-6-4-3-5-7-14)12-15(17)13-19-11-10-18-2/h3-7,15,17H,8-13H2,1-2H3. The molecule has 0 aromatic heterocycles. The van der Waals surface area contributed by atoms with E-state index in [4.69, 9.17) is 9.47 Å².